The minimum absolute atomic E-state index is 0.489. The molecule has 1 fully saturated rings. The van der Waals surface area contributed by atoms with Crippen LogP contribution in [0.2, 0.25) is 0 Å². The number of anilines is 1. The van der Waals surface area contributed by atoms with Crippen LogP contribution < -0.4 is 5.32 Å². The van der Waals surface area contributed by atoms with Crippen LogP contribution in [0.1, 0.15) is 32.1 Å². The maximum Gasteiger partial charge on any atom is 0.161 e. The van der Waals surface area contributed by atoms with Crippen LogP contribution in [0.3, 0.4) is 0 Å². The van der Waals surface area contributed by atoms with Gasteiger partial charge in [0, 0.05) is 21.2 Å². The quantitative estimate of drug-likeness (QED) is 0.635. The molecule has 0 bridgehead atoms. The van der Waals surface area contributed by atoms with Crippen LogP contribution in [0.4, 0.5) is 5.69 Å². The zero-order valence-corrected chi connectivity index (χ0v) is 15.3. The number of amidine groups is 1. The van der Waals surface area contributed by atoms with Crippen LogP contribution >= 0.6 is 43.6 Å². The molecular weight excluding hydrogens is 400 g/mol. The van der Waals surface area contributed by atoms with Gasteiger partial charge in [0.25, 0.3) is 0 Å². The second kappa shape index (κ2) is 6.41. The minimum atomic E-state index is 0.489. The molecule has 1 aliphatic carbocycles. The Morgan fingerprint density at radius 2 is 1.95 bits per heavy atom. The van der Waals surface area contributed by atoms with E-state index in [2.05, 4.69) is 43.2 Å². The molecule has 2 aliphatic rings. The Balaban J connectivity index is 1.69. The minimum Gasteiger partial charge on any atom is -0.334 e. The molecule has 20 heavy (non-hydrogen) atoms. The number of thioether (sulfide) groups is 1. The molecule has 5 heteroatoms. The summed E-state index contributed by atoms with van der Waals surface area (Å²) in [4.78, 5) is 4.80. The van der Waals surface area contributed by atoms with Gasteiger partial charge in [-0.3, -0.25) is 4.99 Å². The Labute approximate surface area is 141 Å². The van der Waals surface area contributed by atoms with E-state index in [4.69, 9.17) is 4.99 Å². The molecule has 0 radical (unpaired) electrons. The van der Waals surface area contributed by atoms with Crippen LogP contribution in [0.25, 0.3) is 0 Å². The summed E-state index contributed by atoms with van der Waals surface area (Å²) >= 11 is 8.97. The highest BCUT2D eigenvalue weighted by molar-refractivity contribution is 9.11. The van der Waals surface area contributed by atoms with Gasteiger partial charge in [0.1, 0.15) is 0 Å². The Bertz CT molecular complexity index is 525. The molecule has 2 nitrogen and oxygen atoms in total. The Kier molecular flexibility index (Phi) is 4.78. The number of rotatable bonds is 1. The summed E-state index contributed by atoms with van der Waals surface area (Å²) < 4.78 is 2.15. The molecule has 1 aromatic rings. The lowest BCUT2D eigenvalue weighted by Crippen LogP contribution is -2.35. The number of hydrogen-bond donors (Lipinski definition) is 1. The largest absolute Gasteiger partial charge is 0.334 e. The van der Waals surface area contributed by atoms with Crippen LogP contribution in [0, 0.1) is 5.41 Å². The summed E-state index contributed by atoms with van der Waals surface area (Å²) in [6, 6.07) is 6.16. The van der Waals surface area contributed by atoms with Gasteiger partial charge in [-0.25, -0.2) is 0 Å². The van der Waals surface area contributed by atoms with E-state index in [0.29, 0.717) is 5.41 Å². The van der Waals surface area contributed by atoms with E-state index in [-0.39, 0.29) is 0 Å². The summed E-state index contributed by atoms with van der Waals surface area (Å²) in [6.07, 6.45) is 6.90. The highest BCUT2D eigenvalue weighted by atomic mass is 79.9. The fourth-order valence-corrected chi connectivity index (χ4v) is 4.81. The zero-order valence-electron chi connectivity index (χ0n) is 11.3. The van der Waals surface area contributed by atoms with Crippen molar-refractivity contribution in [3.05, 3.63) is 27.1 Å². The van der Waals surface area contributed by atoms with Crippen molar-refractivity contribution in [2.24, 2.45) is 10.4 Å². The van der Waals surface area contributed by atoms with Gasteiger partial charge in [0.05, 0.1) is 5.69 Å². The summed E-state index contributed by atoms with van der Waals surface area (Å²) in [7, 11) is 0. The fraction of sp³-hybridized carbons (Fsp3) is 0.533. The van der Waals surface area contributed by atoms with E-state index < -0.39 is 0 Å². The maximum atomic E-state index is 4.80. The number of nitrogens with one attached hydrogen (secondary N) is 1. The lowest BCUT2D eigenvalue weighted by Gasteiger charge is -2.38. The van der Waals surface area contributed by atoms with Gasteiger partial charge < -0.3 is 5.32 Å². The van der Waals surface area contributed by atoms with Crippen molar-refractivity contribution >= 4 is 54.5 Å². The van der Waals surface area contributed by atoms with E-state index in [1.165, 1.54) is 37.9 Å². The normalized spacial score (nSPS) is 21.6. The zero-order chi connectivity index (χ0) is 14.0. The molecule has 1 saturated carbocycles. The van der Waals surface area contributed by atoms with Crippen molar-refractivity contribution in [2.75, 3.05) is 17.6 Å². The van der Waals surface area contributed by atoms with Gasteiger partial charge in [-0.1, -0.05) is 47.0 Å². The molecule has 1 aromatic carbocycles. The van der Waals surface area contributed by atoms with Crippen LogP contribution in [-0.4, -0.2) is 17.5 Å². The van der Waals surface area contributed by atoms with E-state index in [0.717, 1.165) is 26.3 Å². The predicted octanol–water partition coefficient (Wildman–Crippen LogP) is 5.68. The number of benzene rings is 1. The van der Waals surface area contributed by atoms with Gasteiger partial charge in [-0.2, -0.15) is 0 Å². The highest BCUT2D eigenvalue weighted by Crippen LogP contribution is 2.42. The van der Waals surface area contributed by atoms with Crippen molar-refractivity contribution < 1.29 is 0 Å². The first kappa shape index (κ1) is 14.9. The molecule has 1 aliphatic heterocycles. The standard InChI is InChI=1S/C15H18Br2N2S/c16-11-4-5-12(17)13(8-11)19-14-18-9-15(10-20-14)6-2-1-3-7-15/h4-5,8H,1-3,6-7,9-10H2,(H,18,19). The molecular formula is C15H18Br2N2S. The van der Waals surface area contributed by atoms with Crippen molar-refractivity contribution in [1.82, 2.24) is 0 Å². The topological polar surface area (TPSA) is 24.4 Å². The van der Waals surface area contributed by atoms with E-state index >= 15 is 0 Å². The van der Waals surface area contributed by atoms with E-state index in [1.807, 2.05) is 23.9 Å². The van der Waals surface area contributed by atoms with Crippen molar-refractivity contribution in [1.29, 1.82) is 0 Å². The molecule has 1 N–H and O–H groups in total. The number of aliphatic imine (C=N–C) groups is 1. The lowest BCUT2D eigenvalue weighted by molar-refractivity contribution is 0.232. The van der Waals surface area contributed by atoms with Gasteiger partial charge in [-0.15, -0.1) is 0 Å². The molecule has 0 aromatic heterocycles. The van der Waals surface area contributed by atoms with Crippen LogP contribution in [0.5, 0.6) is 0 Å². The Hall–Kier alpha value is -0.000000000000000111. The molecule has 0 unspecified atom stereocenters. The van der Waals surface area contributed by atoms with Crippen LogP contribution in [-0.2, 0) is 0 Å². The maximum absolute atomic E-state index is 4.80. The SMILES string of the molecule is Brc1ccc(Br)c(NC2=NCC3(CCCCC3)CS2)c1. The lowest BCUT2D eigenvalue weighted by atomic mass is 9.75. The number of halogens is 2. The van der Waals surface area contributed by atoms with Gasteiger partial charge in [0.2, 0.25) is 0 Å². The number of hydrogen-bond acceptors (Lipinski definition) is 3. The average molecular weight is 418 g/mol. The summed E-state index contributed by atoms with van der Waals surface area (Å²) in [5.74, 6) is 1.21. The van der Waals surface area contributed by atoms with E-state index in [1.54, 1.807) is 0 Å². The molecule has 0 saturated heterocycles. The average Bonchev–Trinajstić information content (AvgIpc) is 2.47. The molecule has 108 valence electrons. The summed E-state index contributed by atoms with van der Waals surface area (Å²) in [5.41, 5.74) is 1.56. The summed E-state index contributed by atoms with van der Waals surface area (Å²) in [6.45, 7) is 0.994. The highest BCUT2D eigenvalue weighted by Gasteiger charge is 2.34. The third kappa shape index (κ3) is 3.42. The molecule has 1 heterocycles. The second-order valence-electron chi connectivity index (χ2n) is 5.72. The van der Waals surface area contributed by atoms with Gasteiger partial charge in [0.15, 0.2) is 5.17 Å². The van der Waals surface area contributed by atoms with E-state index in [9.17, 15) is 0 Å². The Morgan fingerprint density at radius 1 is 1.15 bits per heavy atom. The summed E-state index contributed by atoms with van der Waals surface area (Å²) in [5, 5.41) is 4.50. The first-order chi connectivity index (χ1) is 9.67. The number of nitrogens with zero attached hydrogens (tertiary/aromatic N) is 1. The molecule has 1 spiro atoms. The van der Waals surface area contributed by atoms with Gasteiger partial charge >= 0.3 is 0 Å². The predicted molar refractivity (Wildman–Crippen MR) is 95.7 cm³/mol. The first-order valence-electron chi connectivity index (χ1n) is 7.06. The Morgan fingerprint density at radius 3 is 2.65 bits per heavy atom. The molecule has 0 atom stereocenters. The molecule has 3 rings (SSSR count). The van der Waals surface area contributed by atoms with Gasteiger partial charge in [-0.05, 0) is 52.4 Å². The van der Waals surface area contributed by atoms with Crippen molar-refractivity contribution in [3.8, 4) is 0 Å². The second-order valence-corrected chi connectivity index (χ2v) is 8.45. The van der Waals surface area contributed by atoms with Crippen molar-refractivity contribution in [2.45, 2.75) is 32.1 Å². The smallest absolute Gasteiger partial charge is 0.161 e. The monoisotopic (exact) mass is 416 g/mol. The fourth-order valence-electron chi connectivity index (χ4n) is 2.94. The van der Waals surface area contributed by atoms with Crippen molar-refractivity contribution in [3.63, 3.8) is 0 Å². The third-order valence-corrected chi connectivity index (χ3v) is 6.60. The molecule has 0 amide bonds. The van der Waals surface area contributed by atoms with Crippen LogP contribution in [0.15, 0.2) is 32.1 Å². The first-order valence-corrected chi connectivity index (χ1v) is 9.63. The third-order valence-electron chi connectivity index (χ3n) is 4.16.